The first-order valence-electron chi connectivity index (χ1n) is 6.99. The quantitative estimate of drug-likeness (QED) is 0.863. The minimum absolute atomic E-state index is 0. The first kappa shape index (κ1) is 18.2. The topological polar surface area (TPSA) is 58.6 Å². The van der Waals surface area contributed by atoms with Gasteiger partial charge < -0.3 is 10.1 Å². The van der Waals surface area contributed by atoms with E-state index in [0.29, 0.717) is 30.3 Å². The Hall–Kier alpha value is -0.820. The fourth-order valence-corrected chi connectivity index (χ4v) is 4.27. The minimum Gasteiger partial charge on any atom is -0.494 e. The van der Waals surface area contributed by atoms with Crippen LogP contribution in [-0.2, 0) is 10.0 Å². The molecule has 5 nitrogen and oxygen atoms in total. The van der Waals surface area contributed by atoms with Crippen LogP contribution in [0.25, 0.3) is 0 Å². The summed E-state index contributed by atoms with van der Waals surface area (Å²) in [5.41, 5.74) is 0. The molecule has 1 N–H and O–H groups in total. The molecule has 1 fully saturated rings. The molecule has 21 heavy (non-hydrogen) atoms. The summed E-state index contributed by atoms with van der Waals surface area (Å²) in [7, 11) is -1.56. The summed E-state index contributed by atoms with van der Waals surface area (Å²) in [5.74, 6) is 0.694. The number of hydrogen-bond donors (Lipinski definition) is 1. The zero-order valence-electron chi connectivity index (χ0n) is 12.4. The summed E-state index contributed by atoms with van der Waals surface area (Å²) in [5, 5.41) is 3.06. The molecule has 0 radical (unpaired) electrons. The van der Waals surface area contributed by atoms with Crippen LogP contribution in [0.4, 0.5) is 0 Å². The van der Waals surface area contributed by atoms with E-state index >= 15 is 0 Å². The molecule has 0 spiro atoms. The number of rotatable bonds is 6. The van der Waals surface area contributed by atoms with E-state index in [1.54, 1.807) is 28.6 Å². The summed E-state index contributed by atoms with van der Waals surface area (Å²) in [6, 6.07) is 6.71. The number of sulfonamides is 1. The van der Waals surface area contributed by atoms with E-state index in [9.17, 15) is 8.42 Å². The molecule has 1 saturated heterocycles. The van der Waals surface area contributed by atoms with Crippen molar-refractivity contribution >= 4 is 22.4 Å². The molecule has 1 aromatic rings. The Bertz CT molecular complexity index is 534. The number of hydrogen-bond acceptors (Lipinski definition) is 4. The molecule has 7 heteroatoms. The van der Waals surface area contributed by atoms with Crippen LogP contribution in [0.3, 0.4) is 0 Å². The molecule has 0 aromatic heterocycles. The number of nitrogens with zero attached hydrogens (tertiary/aromatic N) is 1. The Balaban J connectivity index is 0.00000220. The highest BCUT2D eigenvalue weighted by molar-refractivity contribution is 7.89. The molecule has 120 valence electrons. The highest BCUT2D eigenvalue weighted by Gasteiger charge is 2.34. The van der Waals surface area contributed by atoms with E-state index < -0.39 is 10.0 Å². The third-order valence-corrected chi connectivity index (χ3v) is 5.47. The van der Waals surface area contributed by atoms with E-state index in [0.717, 1.165) is 12.8 Å². The van der Waals surface area contributed by atoms with Gasteiger partial charge in [-0.25, -0.2) is 8.42 Å². The summed E-state index contributed by atoms with van der Waals surface area (Å²) < 4.78 is 32.2. The second kappa shape index (κ2) is 7.98. The van der Waals surface area contributed by atoms with Gasteiger partial charge in [0.1, 0.15) is 5.75 Å². The van der Waals surface area contributed by atoms with E-state index in [-0.39, 0.29) is 18.4 Å². The molecule has 1 aliphatic heterocycles. The molecular formula is C14H23ClN2O3S. The Morgan fingerprint density at radius 1 is 1.33 bits per heavy atom. The first-order valence-corrected chi connectivity index (χ1v) is 8.43. The predicted molar refractivity (Wildman–Crippen MR) is 85.7 cm³/mol. The zero-order chi connectivity index (χ0) is 14.6. The Kier molecular flexibility index (Phi) is 6.93. The fourth-order valence-electron chi connectivity index (χ4n) is 2.58. The number of nitrogens with one attached hydrogen (secondary N) is 1. The Morgan fingerprint density at radius 3 is 2.57 bits per heavy atom. The molecule has 1 aliphatic rings. The molecule has 0 aliphatic carbocycles. The van der Waals surface area contributed by atoms with Crippen molar-refractivity contribution in [2.45, 2.75) is 30.7 Å². The maximum atomic E-state index is 12.6. The van der Waals surface area contributed by atoms with Crippen LogP contribution >= 0.6 is 12.4 Å². The maximum absolute atomic E-state index is 12.6. The van der Waals surface area contributed by atoms with Gasteiger partial charge in [-0.05, 0) is 51.1 Å². The molecule has 1 atom stereocenters. The van der Waals surface area contributed by atoms with Gasteiger partial charge in [0.05, 0.1) is 11.5 Å². The van der Waals surface area contributed by atoms with Gasteiger partial charge in [-0.1, -0.05) is 0 Å². The molecule has 1 heterocycles. The number of ether oxygens (including phenoxy) is 1. The maximum Gasteiger partial charge on any atom is 0.243 e. The number of likely N-dealkylation sites (N-methyl/N-ethyl adjacent to an activating group) is 1. The Morgan fingerprint density at radius 2 is 2.00 bits per heavy atom. The van der Waals surface area contributed by atoms with Gasteiger partial charge in [0.2, 0.25) is 10.0 Å². The predicted octanol–water partition coefficient (Wildman–Crippen LogP) is 1.88. The van der Waals surface area contributed by atoms with E-state index in [2.05, 4.69) is 5.32 Å². The summed E-state index contributed by atoms with van der Waals surface area (Å²) in [6.07, 6.45) is 1.83. The summed E-state index contributed by atoms with van der Waals surface area (Å²) >= 11 is 0. The lowest BCUT2D eigenvalue weighted by atomic mass is 10.2. The largest absolute Gasteiger partial charge is 0.494 e. The summed E-state index contributed by atoms with van der Waals surface area (Å²) in [4.78, 5) is 0.337. The van der Waals surface area contributed by atoms with Crippen LogP contribution in [0.5, 0.6) is 5.75 Å². The Labute approximate surface area is 133 Å². The molecular weight excluding hydrogens is 312 g/mol. The van der Waals surface area contributed by atoms with Gasteiger partial charge in [-0.2, -0.15) is 4.31 Å². The van der Waals surface area contributed by atoms with Gasteiger partial charge in [0.25, 0.3) is 0 Å². The van der Waals surface area contributed by atoms with Crippen molar-refractivity contribution in [1.82, 2.24) is 9.62 Å². The van der Waals surface area contributed by atoms with Crippen LogP contribution in [-0.4, -0.2) is 45.5 Å². The third kappa shape index (κ3) is 4.10. The van der Waals surface area contributed by atoms with E-state index in [4.69, 9.17) is 4.74 Å². The van der Waals surface area contributed by atoms with Crippen LogP contribution in [0, 0.1) is 0 Å². The highest BCUT2D eigenvalue weighted by atomic mass is 35.5. The second-order valence-corrected chi connectivity index (χ2v) is 6.76. The average molecular weight is 335 g/mol. The lowest BCUT2D eigenvalue weighted by Crippen LogP contribution is -2.40. The van der Waals surface area contributed by atoms with Crippen LogP contribution in [0.15, 0.2) is 29.2 Å². The fraction of sp³-hybridized carbons (Fsp3) is 0.571. The lowest BCUT2D eigenvalue weighted by molar-refractivity contribution is 0.340. The van der Waals surface area contributed by atoms with Crippen molar-refractivity contribution in [1.29, 1.82) is 0 Å². The van der Waals surface area contributed by atoms with Gasteiger partial charge >= 0.3 is 0 Å². The average Bonchev–Trinajstić information content (AvgIpc) is 2.89. The van der Waals surface area contributed by atoms with Crippen molar-refractivity contribution in [2.24, 2.45) is 0 Å². The molecule has 2 rings (SSSR count). The van der Waals surface area contributed by atoms with Crippen LogP contribution < -0.4 is 10.1 Å². The standard InChI is InChI=1S/C14H22N2O3S.ClH/c1-3-19-13-6-8-14(9-7-13)20(17,18)16-10-4-5-12(16)11-15-2;/h6-9,12,15H,3-5,10-11H2,1-2H3;1H. The van der Waals surface area contributed by atoms with E-state index in [1.165, 1.54) is 0 Å². The van der Waals surface area contributed by atoms with Crippen LogP contribution in [0.1, 0.15) is 19.8 Å². The van der Waals surface area contributed by atoms with Gasteiger partial charge in [-0.3, -0.25) is 0 Å². The molecule has 0 bridgehead atoms. The van der Waals surface area contributed by atoms with Crippen molar-refractivity contribution in [2.75, 3.05) is 26.7 Å². The normalized spacial score (nSPS) is 19.2. The number of halogens is 1. The highest BCUT2D eigenvalue weighted by Crippen LogP contribution is 2.26. The molecule has 1 unspecified atom stereocenters. The van der Waals surface area contributed by atoms with Gasteiger partial charge in [0.15, 0.2) is 0 Å². The SMILES string of the molecule is CCOc1ccc(S(=O)(=O)N2CCCC2CNC)cc1.Cl. The van der Waals surface area contributed by atoms with E-state index in [1.807, 2.05) is 14.0 Å². The van der Waals surface area contributed by atoms with Gasteiger partial charge in [-0.15, -0.1) is 12.4 Å². The zero-order valence-corrected chi connectivity index (χ0v) is 14.0. The van der Waals surface area contributed by atoms with Crippen molar-refractivity contribution < 1.29 is 13.2 Å². The second-order valence-electron chi connectivity index (χ2n) is 4.87. The first-order chi connectivity index (χ1) is 9.59. The molecule has 0 saturated carbocycles. The lowest BCUT2D eigenvalue weighted by Gasteiger charge is -2.23. The van der Waals surface area contributed by atoms with Crippen molar-refractivity contribution in [3.05, 3.63) is 24.3 Å². The van der Waals surface area contributed by atoms with Crippen molar-refractivity contribution in [3.8, 4) is 5.75 Å². The minimum atomic E-state index is -3.40. The third-order valence-electron chi connectivity index (χ3n) is 3.50. The molecule has 1 aromatic carbocycles. The van der Waals surface area contributed by atoms with Gasteiger partial charge in [0, 0.05) is 19.1 Å². The smallest absolute Gasteiger partial charge is 0.243 e. The molecule has 0 amide bonds. The number of benzene rings is 1. The van der Waals surface area contributed by atoms with Crippen LogP contribution in [0.2, 0.25) is 0 Å². The monoisotopic (exact) mass is 334 g/mol. The summed E-state index contributed by atoms with van der Waals surface area (Å²) in [6.45, 7) is 3.76. The van der Waals surface area contributed by atoms with Crippen molar-refractivity contribution in [3.63, 3.8) is 0 Å².